The maximum Gasteiger partial charge on any atom is 0.338 e. The van der Waals surface area contributed by atoms with E-state index in [1.807, 2.05) is 0 Å². The summed E-state index contributed by atoms with van der Waals surface area (Å²) in [5.41, 5.74) is 1.27. The smallest absolute Gasteiger partial charge is 0.338 e. The second-order valence-electron chi connectivity index (χ2n) is 7.31. The average molecular weight is 500 g/mol. The monoisotopic (exact) mass is 499 g/mol. The molecule has 3 aromatic rings. The highest BCUT2D eigenvalue weighted by atomic mass is 35.5. The molecule has 0 unspecified atom stereocenters. The van der Waals surface area contributed by atoms with Crippen LogP contribution in [0.1, 0.15) is 24.1 Å². The van der Waals surface area contributed by atoms with Crippen LogP contribution in [0, 0.1) is 10.1 Å². The number of thiazole rings is 1. The molecule has 174 valence electrons. The van der Waals surface area contributed by atoms with Gasteiger partial charge < -0.3 is 9.47 Å². The van der Waals surface area contributed by atoms with E-state index in [2.05, 4.69) is 4.99 Å². The molecule has 0 amide bonds. The number of hydrogen-bond acceptors (Lipinski definition) is 8. The van der Waals surface area contributed by atoms with Crippen LogP contribution in [0.15, 0.2) is 63.5 Å². The van der Waals surface area contributed by atoms with Gasteiger partial charge in [-0.1, -0.05) is 22.9 Å². The Bertz CT molecular complexity index is 1520. The fourth-order valence-electron chi connectivity index (χ4n) is 3.75. The van der Waals surface area contributed by atoms with Crippen molar-refractivity contribution >= 4 is 40.7 Å². The van der Waals surface area contributed by atoms with Crippen LogP contribution >= 0.6 is 22.9 Å². The van der Waals surface area contributed by atoms with Crippen molar-refractivity contribution < 1.29 is 19.2 Å². The molecular weight excluding hydrogens is 482 g/mol. The summed E-state index contributed by atoms with van der Waals surface area (Å²) in [7, 11) is 2.74. The van der Waals surface area contributed by atoms with Gasteiger partial charge in [0.2, 0.25) is 0 Å². The summed E-state index contributed by atoms with van der Waals surface area (Å²) in [6.45, 7) is 1.67. The van der Waals surface area contributed by atoms with Crippen molar-refractivity contribution in [1.82, 2.24) is 4.57 Å². The van der Waals surface area contributed by atoms with Gasteiger partial charge in [0.25, 0.3) is 11.2 Å². The molecule has 1 aliphatic rings. The van der Waals surface area contributed by atoms with Gasteiger partial charge in [0.1, 0.15) is 11.8 Å². The summed E-state index contributed by atoms with van der Waals surface area (Å²) in [6, 6.07) is 9.91. The number of esters is 1. The molecule has 2 aromatic carbocycles. The number of nitro groups is 1. The van der Waals surface area contributed by atoms with E-state index in [4.69, 9.17) is 21.1 Å². The minimum Gasteiger partial charge on any atom is -0.496 e. The maximum absolute atomic E-state index is 13.5. The van der Waals surface area contributed by atoms with Crippen LogP contribution in [0.3, 0.4) is 0 Å². The van der Waals surface area contributed by atoms with Crippen molar-refractivity contribution in [2.75, 3.05) is 14.2 Å². The summed E-state index contributed by atoms with van der Waals surface area (Å²) in [6.07, 6.45) is 1.62. The number of carbonyl (C=O) groups excluding carboxylic acids is 1. The number of methoxy groups -OCH3 is 2. The van der Waals surface area contributed by atoms with Gasteiger partial charge in [0.15, 0.2) is 4.80 Å². The van der Waals surface area contributed by atoms with E-state index in [1.165, 1.54) is 30.9 Å². The van der Waals surface area contributed by atoms with Gasteiger partial charge in [-0.3, -0.25) is 19.5 Å². The number of allylic oxidation sites excluding steroid dienone is 1. The van der Waals surface area contributed by atoms with Crippen molar-refractivity contribution in [3.8, 4) is 5.75 Å². The maximum atomic E-state index is 13.5. The molecule has 0 spiro atoms. The van der Waals surface area contributed by atoms with E-state index >= 15 is 0 Å². The topological polar surface area (TPSA) is 113 Å². The lowest BCUT2D eigenvalue weighted by atomic mass is 9.95. The molecule has 11 heteroatoms. The largest absolute Gasteiger partial charge is 0.496 e. The average Bonchev–Trinajstić information content (AvgIpc) is 3.12. The van der Waals surface area contributed by atoms with Gasteiger partial charge >= 0.3 is 5.97 Å². The van der Waals surface area contributed by atoms with E-state index in [1.54, 1.807) is 43.3 Å². The Balaban J connectivity index is 1.97. The normalized spacial score (nSPS) is 15.5. The summed E-state index contributed by atoms with van der Waals surface area (Å²) in [5, 5.41) is 11.3. The fraction of sp³-hybridized carbons (Fsp3) is 0.174. The zero-order chi connectivity index (χ0) is 24.6. The first-order valence-corrected chi connectivity index (χ1v) is 11.1. The van der Waals surface area contributed by atoms with Gasteiger partial charge in [-0.2, -0.15) is 0 Å². The number of non-ortho nitro benzene ring substituents is 1. The molecule has 0 fully saturated rings. The predicted molar refractivity (Wildman–Crippen MR) is 127 cm³/mol. The Labute approximate surface area is 202 Å². The van der Waals surface area contributed by atoms with Gasteiger partial charge in [-0.05, 0) is 48.9 Å². The molecular formula is C23H18ClN3O6S. The lowest BCUT2D eigenvalue weighted by Gasteiger charge is -2.25. The summed E-state index contributed by atoms with van der Waals surface area (Å²) >= 11 is 7.40. The summed E-state index contributed by atoms with van der Waals surface area (Å²) < 4.78 is 12.3. The number of rotatable bonds is 5. The van der Waals surface area contributed by atoms with Crippen LogP contribution in [0.25, 0.3) is 6.08 Å². The number of nitrogens with zero attached hydrogens (tertiary/aromatic N) is 3. The third kappa shape index (κ3) is 4.13. The van der Waals surface area contributed by atoms with Crippen LogP contribution < -0.4 is 19.6 Å². The van der Waals surface area contributed by atoms with Crippen molar-refractivity contribution in [2.45, 2.75) is 13.0 Å². The van der Waals surface area contributed by atoms with Crippen molar-refractivity contribution in [3.05, 3.63) is 99.7 Å². The van der Waals surface area contributed by atoms with E-state index in [0.29, 0.717) is 36.9 Å². The quantitative estimate of drug-likeness (QED) is 0.303. The van der Waals surface area contributed by atoms with Crippen molar-refractivity contribution in [3.63, 3.8) is 0 Å². The highest BCUT2D eigenvalue weighted by molar-refractivity contribution is 7.07. The zero-order valence-corrected chi connectivity index (χ0v) is 19.8. The predicted octanol–water partition coefficient (Wildman–Crippen LogP) is 2.98. The highest BCUT2D eigenvalue weighted by Gasteiger charge is 2.35. The van der Waals surface area contributed by atoms with Gasteiger partial charge in [0, 0.05) is 22.7 Å². The minimum absolute atomic E-state index is 0.0509. The molecule has 0 bridgehead atoms. The fourth-order valence-corrected chi connectivity index (χ4v) is 4.98. The minimum atomic E-state index is -0.878. The Kier molecular flexibility index (Phi) is 6.36. The molecule has 1 aromatic heterocycles. The Morgan fingerprint density at radius 1 is 1.24 bits per heavy atom. The Morgan fingerprint density at radius 3 is 2.56 bits per heavy atom. The molecule has 0 radical (unpaired) electrons. The SMILES string of the molecule is COC(=O)C1=C(C)N=c2s/c(=C\c3ccc([N+](=O)[O-])cc3)c(=O)n2[C@@H]1c1cc(Cl)ccc1OC. The summed E-state index contributed by atoms with van der Waals surface area (Å²) in [5.74, 6) is -0.187. The molecule has 1 aliphatic heterocycles. The van der Waals surface area contributed by atoms with Crippen LogP contribution in [0.2, 0.25) is 5.02 Å². The van der Waals surface area contributed by atoms with Crippen molar-refractivity contribution in [2.24, 2.45) is 4.99 Å². The van der Waals surface area contributed by atoms with E-state index < -0.39 is 16.9 Å². The molecule has 0 aliphatic carbocycles. The molecule has 0 saturated heterocycles. The lowest BCUT2D eigenvalue weighted by molar-refractivity contribution is -0.384. The molecule has 34 heavy (non-hydrogen) atoms. The third-order valence-corrected chi connectivity index (χ3v) is 6.53. The van der Waals surface area contributed by atoms with E-state index in [-0.39, 0.29) is 16.8 Å². The third-order valence-electron chi connectivity index (χ3n) is 5.31. The standard InChI is InChI=1S/C23H18ClN3O6S/c1-12-19(22(29)33-3)20(16-11-14(24)6-9-17(16)32-2)26-21(28)18(34-23(26)25-12)10-13-4-7-15(8-5-13)27(30)31/h4-11,20H,1-3H3/b18-10-/t20-/m1/s1. The van der Waals surface area contributed by atoms with Crippen LogP contribution in [-0.4, -0.2) is 29.7 Å². The first kappa shape index (κ1) is 23.4. The number of nitro benzene ring substituents is 1. The molecule has 1 atom stereocenters. The molecule has 0 N–H and O–H groups in total. The number of halogens is 1. The Morgan fingerprint density at radius 2 is 1.94 bits per heavy atom. The van der Waals surface area contributed by atoms with E-state index in [9.17, 15) is 19.7 Å². The lowest BCUT2D eigenvalue weighted by Crippen LogP contribution is -2.40. The van der Waals surface area contributed by atoms with Crippen molar-refractivity contribution in [1.29, 1.82) is 0 Å². The zero-order valence-electron chi connectivity index (χ0n) is 18.3. The molecule has 2 heterocycles. The second-order valence-corrected chi connectivity index (χ2v) is 8.75. The van der Waals surface area contributed by atoms with Crippen LogP contribution in [0.4, 0.5) is 5.69 Å². The van der Waals surface area contributed by atoms with Crippen LogP contribution in [0.5, 0.6) is 5.75 Å². The summed E-state index contributed by atoms with van der Waals surface area (Å²) in [4.78, 5) is 41.6. The molecule has 0 saturated carbocycles. The Hall–Kier alpha value is -3.76. The van der Waals surface area contributed by atoms with Gasteiger partial charge in [-0.25, -0.2) is 9.79 Å². The first-order valence-electron chi connectivity index (χ1n) is 9.94. The number of hydrogen-bond donors (Lipinski definition) is 0. The van der Waals surface area contributed by atoms with Crippen LogP contribution in [-0.2, 0) is 9.53 Å². The number of aromatic nitrogens is 1. The highest BCUT2D eigenvalue weighted by Crippen LogP contribution is 2.37. The molecule has 4 rings (SSSR count). The number of ether oxygens (including phenoxy) is 2. The van der Waals surface area contributed by atoms with Gasteiger partial charge in [0.05, 0.1) is 34.9 Å². The van der Waals surface area contributed by atoms with Gasteiger partial charge in [-0.15, -0.1) is 0 Å². The number of carbonyl (C=O) groups is 1. The second kappa shape index (κ2) is 9.24. The van der Waals surface area contributed by atoms with E-state index in [0.717, 1.165) is 11.3 Å². The number of benzene rings is 2. The number of fused-ring (bicyclic) bond motifs is 1. The first-order chi connectivity index (χ1) is 16.2. The molecule has 9 nitrogen and oxygen atoms in total.